The largest absolute Gasteiger partial charge is 0.233 e. The van der Waals surface area contributed by atoms with Crippen LogP contribution in [0.3, 0.4) is 0 Å². The number of rotatable bonds is 1. The number of thiazole rings is 1. The summed E-state index contributed by atoms with van der Waals surface area (Å²) >= 11 is 10.5. The Morgan fingerprint density at radius 1 is 1.78 bits per heavy atom. The summed E-state index contributed by atoms with van der Waals surface area (Å²) in [6, 6.07) is 0. The molecule has 0 unspecified atom stereocenters. The molecule has 0 amide bonds. The first-order valence-electron chi connectivity index (χ1n) is 2.42. The van der Waals surface area contributed by atoms with E-state index in [0.29, 0.717) is 5.88 Å². The van der Waals surface area contributed by atoms with Crippen molar-refractivity contribution >= 4 is 38.9 Å². The molecule has 0 bridgehead atoms. The van der Waals surface area contributed by atoms with Gasteiger partial charge in [-0.1, -0.05) is 0 Å². The van der Waals surface area contributed by atoms with Gasteiger partial charge in [-0.2, -0.15) is 0 Å². The zero-order valence-electron chi connectivity index (χ0n) is 4.82. The van der Waals surface area contributed by atoms with E-state index in [1.165, 1.54) is 4.88 Å². The second-order valence-electron chi connectivity index (χ2n) is 1.59. The molecule has 0 aromatic carbocycles. The predicted molar refractivity (Wildman–Crippen MR) is 44.1 cm³/mol. The molecule has 0 aliphatic carbocycles. The third-order valence-electron chi connectivity index (χ3n) is 0.899. The number of aryl methyl sites for hydroxylation is 1. The fourth-order valence-corrected chi connectivity index (χ4v) is 1.96. The highest BCUT2D eigenvalue weighted by Gasteiger charge is 2.01. The Kier molecular flexibility index (Phi) is 2.50. The summed E-state index contributed by atoms with van der Waals surface area (Å²) in [5, 5.41) is 0.973. The molecule has 50 valence electrons. The van der Waals surface area contributed by atoms with Crippen LogP contribution in [0.25, 0.3) is 0 Å². The molecular formula is C5H5BrClNS. The van der Waals surface area contributed by atoms with Gasteiger partial charge in [0.2, 0.25) is 0 Å². The van der Waals surface area contributed by atoms with Gasteiger partial charge in [0, 0.05) is 4.88 Å². The normalized spacial score (nSPS) is 10.1. The van der Waals surface area contributed by atoms with Crippen molar-refractivity contribution in [1.29, 1.82) is 0 Å². The van der Waals surface area contributed by atoms with Crippen molar-refractivity contribution < 1.29 is 0 Å². The lowest BCUT2D eigenvalue weighted by molar-refractivity contribution is 1.22. The maximum absolute atomic E-state index is 5.54. The molecular weight excluding hydrogens is 221 g/mol. The van der Waals surface area contributed by atoms with Gasteiger partial charge < -0.3 is 0 Å². The zero-order valence-corrected chi connectivity index (χ0v) is 7.98. The number of nitrogens with zero attached hydrogens (tertiary/aromatic N) is 1. The Morgan fingerprint density at radius 2 is 2.44 bits per heavy atom. The lowest BCUT2D eigenvalue weighted by atomic mass is 10.6. The molecule has 0 aliphatic rings. The highest BCUT2D eigenvalue weighted by molar-refractivity contribution is 9.10. The second-order valence-corrected chi connectivity index (χ2v) is 3.89. The van der Waals surface area contributed by atoms with Crippen molar-refractivity contribution in [3.63, 3.8) is 0 Å². The van der Waals surface area contributed by atoms with E-state index in [1.807, 2.05) is 6.92 Å². The molecule has 0 N–H and O–H groups in total. The van der Waals surface area contributed by atoms with Crippen molar-refractivity contribution in [2.24, 2.45) is 0 Å². The number of alkyl halides is 1. The van der Waals surface area contributed by atoms with E-state index >= 15 is 0 Å². The smallest absolute Gasteiger partial charge is 0.120 e. The lowest BCUT2D eigenvalue weighted by Crippen LogP contribution is -1.70. The molecule has 1 rings (SSSR count). The number of hydrogen-bond donors (Lipinski definition) is 0. The summed E-state index contributed by atoms with van der Waals surface area (Å²) in [7, 11) is 0. The molecule has 0 saturated heterocycles. The Balaban J connectivity index is 2.98. The van der Waals surface area contributed by atoms with Crippen LogP contribution < -0.4 is 0 Å². The fraction of sp³-hybridized carbons (Fsp3) is 0.400. The van der Waals surface area contributed by atoms with Gasteiger partial charge in [0.25, 0.3) is 0 Å². The molecule has 0 atom stereocenters. The Bertz CT molecular complexity index is 191. The topological polar surface area (TPSA) is 12.9 Å². The van der Waals surface area contributed by atoms with Crippen molar-refractivity contribution in [2.45, 2.75) is 12.8 Å². The van der Waals surface area contributed by atoms with Crippen LogP contribution in [0.1, 0.15) is 9.88 Å². The van der Waals surface area contributed by atoms with Crippen LogP contribution in [0, 0.1) is 6.92 Å². The Hall–Kier alpha value is 0.400. The van der Waals surface area contributed by atoms with Crippen LogP contribution in [0.4, 0.5) is 0 Å². The van der Waals surface area contributed by atoms with E-state index in [-0.39, 0.29) is 0 Å². The molecule has 0 spiro atoms. The average molecular weight is 227 g/mol. The highest BCUT2D eigenvalue weighted by atomic mass is 79.9. The second kappa shape index (κ2) is 2.99. The van der Waals surface area contributed by atoms with E-state index in [0.717, 1.165) is 9.61 Å². The standard InChI is InChI=1S/C5H5BrClNS/c1-3-5(6)8-4(2-7)9-3/h2H2,1H3. The summed E-state index contributed by atoms with van der Waals surface area (Å²) in [6.45, 7) is 2.01. The molecule has 1 aromatic heterocycles. The minimum Gasteiger partial charge on any atom is -0.233 e. The monoisotopic (exact) mass is 225 g/mol. The maximum Gasteiger partial charge on any atom is 0.120 e. The Morgan fingerprint density at radius 3 is 2.67 bits per heavy atom. The zero-order chi connectivity index (χ0) is 6.85. The van der Waals surface area contributed by atoms with E-state index in [1.54, 1.807) is 11.3 Å². The number of hydrogen-bond acceptors (Lipinski definition) is 2. The molecule has 1 aromatic rings. The van der Waals surface area contributed by atoms with Crippen molar-refractivity contribution in [2.75, 3.05) is 0 Å². The van der Waals surface area contributed by atoms with Crippen molar-refractivity contribution in [1.82, 2.24) is 4.98 Å². The minimum atomic E-state index is 0.511. The van der Waals surface area contributed by atoms with Gasteiger partial charge in [0.05, 0.1) is 5.88 Å². The molecule has 9 heavy (non-hydrogen) atoms. The van der Waals surface area contributed by atoms with Gasteiger partial charge in [-0.3, -0.25) is 0 Å². The van der Waals surface area contributed by atoms with Crippen LogP contribution in [0.5, 0.6) is 0 Å². The van der Waals surface area contributed by atoms with Gasteiger partial charge in [0.15, 0.2) is 0 Å². The minimum absolute atomic E-state index is 0.511. The summed E-state index contributed by atoms with van der Waals surface area (Å²) in [5.41, 5.74) is 0. The highest BCUT2D eigenvalue weighted by Crippen LogP contribution is 2.22. The summed E-state index contributed by atoms with van der Waals surface area (Å²) in [4.78, 5) is 5.32. The first-order valence-corrected chi connectivity index (χ1v) is 4.56. The number of aromatic nitrogens is 1. The molecule has 0 radical (unpaired) electrons. The molecule has 0 saturated carbocycles. The molecule has 1 nitrogen and oxygen atoms in total. The first kappa shape index (κ1) is 7.51. The predicted octanol–water partition coefficient (Wildman–Crippen LogP) is 2.95. The summed E-state index contributed by atoms with van der Waals surface area (Å²) in [5.74, 6) is 0.511. The number of halogens is 2. The van der Waals surface area contributed by atoms with Crippen LogP contribution in [-0.2, 0) is 5.88 Å². The van der Waals surface area contributed by atoms with Gasteiger partial charge in [0.1, 0.15) is 9.61 Å². The quantitative estimate of drug-likeness (QED) is 0.671. The fourth-order valence-electron chi connectivity index (χ4n) is 0.487. The lowest BCUT2D eigenvalue weighted by Gasteiger charge is -1.76. The summed E-state index contributed by atoms with van der Waals surface area (Å²) < 4.78 is 0.920. The van der Waals surface area contributed by atoms with E-state index in [9.17, 15) is 0 Å². The van der Waals surface area contributed by atoms with Crippen molar-refractivity contribution in [3.8, 4) is 0 Å². The van der Waals surface area contributed by atoms with E-state index in [4.69, 9.17) is 11.6 Å². The molecule has 4 heteroatoms. The van der Waals surface area contributed by atoms with Crippen LogP contribution in [-0.4, -0.2) is 4.98 Å². The van der Waals surface area contributed by atoms with Crippen LogP contribution in [0.2, 0.25) is 0 Å². The third kappa shape index (κ3) is 1.66. The van der Waals surface area contributed by atoms with E-state index < -0.39 is 0 Å². The first-order chi connectivity index (χ1) is 4.24. The van der Waals surface area contributed by atoms with Gasteiger partial charge in [-0.05, 0) is 22.9 Å². The van der Waals surface area contributed by atoms with Gasteiger partial charge in [-0.25, -0.2) is 4.98 Å². The van der Waals surface area contributed by atoms with Crippen LogP contribution >= 0.6 is 38.9 Å². The van der Waals surface area contributed by atoms with Gasteiger partial charge >= 0.3 is 0 Å². The average Bonchev–Trinajstić information content (AvgIpc) is 2.13. The molecule has 0 fully saturated rings. The summed E-state index contributed by atoms with van der Waals surface area (Å²) in [6.07, 6.45) is 0. The van der Waals surface area contributed by atoms with Crippen molar-refractivity contribution in [3.05, 3.63) is 14.5 Å². The molecule has 0 aliphatic heterocycles. The SMILES string of the molecule is Cc1sc(CCl)nc1Br. The maximum atomic E-state index is 5.54. The van der Waals surface area contributed by atoms with Crippen LogP contribution in [0.15, 0.2) is 4.60 Å². The third-order valence-corrected chi connectivity index (χ3v) is 3.32. The molecule has 1 heterocycles. The Labute approximate surface area is 71.2 Å². The van der Waals surface area contributed by atoms with Gasteiger partial charge in [-0.15, -0.1) is 22.9 Å². The van der Waals surface area contributed by atoms with E-state index in [2.05, 4.69) is 20.9 Å².